The summed E-state index contributed by atoms with van der Waals surface area (Å²) in [5.74, 6) is -0.0997. The number of thiazole rings is 2. The van der Waals surface area contributed by atoms with Gasteiger partial charge in [0.05, 0.1) is 28.3 Å². The van der Waals surface area contributed by atoms with E-state index in [0.29, 0.717) is 13.0 Å². The molecule has 8 nitrogen and oxygen atoms in total. The van der Waals surface area contributed by atoms with E-state index >= 15 is 0 Å². The lowest BCUT2D eigenvalue weighted by Gasteiger charge is -2.30. The number of likely N-dealkylation sites (tertiary alicyclic amines) is 2. The molecule has 3 amide bonds. The summed E-state index contributed by atoms with van der Waals surface area (Å²) in [6.45, 7) is 6.97. The molecular weight excluding hydrogens is 747 g/mol. The van der Waals surface area contributed by atoms with Crippen LogP contribution in [0.2, 0.25) is 0 Å². The van der Waals surface area contributed by atoms with E-state index in [1.165, 1.54) is 0 Å². The van der Waals surface area contributed by atoms with Crippen molar-refractivity contribution in [2.45, 2.75) is 71.0 Å². The van der Waals surface area contributed by atoms with Crippen molar-refractivity contribution in [3.8, 4) is 32.0 Å². The van der Waals surface area contributed by atoms with Gasteiger partial charge >= 0.3 is 0 Å². The number of nitrogens with one attached hydrogen (secondary N) is 1. The average molecular weight is 794 g/mol. The minimum Gasteiger partial charge on any atom is -0.340 e. The van der Waals surface area contributed by atoms with Gasteiger partial charge in [0.2, 0.25) is 17.7 Å². The maximum absolute atomic E-state index is 14.2. The van der Waals surface area contributed by atoms with Gasteiger partial charge in [-0.2, -0.15) is 0 Å². The highest BCUT2D eigenvalue weighted by molar-refractivity contribution is 7.15. The molecule has 6 aromatic rings. The van der Waals surface area contributed by atoms with E-state index in [1.54, 1.807) is 22.7 Å². The Morgan fingerprint density at radius 2 is 1.14 bits per heavy atom. The molecule has 4 aromatic carbocycles. The summed E-state index contributed by atoms with van der Waals surface area (Å²) in [6.07, 6.45) is 7.92. The van der Waals surface area contributed by atoms with Crippen LogP contribution in [-0.4, -0.2) is 50.6 Å². The van der Waals surface area contributed by atoms with Crippen molar-refractivity contribution in [2.24, 2.45) is 5.41 Å². The molecule has 2 saturated heterocycles. The molecule has 4 heterocycles. The summed E-state index contributed by atoms with van der Waals surface area (Å²) in [5.41, 5.74) is 5.63. The Hall–Kier alpha value is -5.45. The van der Waals surface area contributed by atoms with Crippen LogP contribution >= 0.6 is 22.7 Å². The van der Waals surface area contributed by atoms with E-state index in [0.717, 1.165) is 85.4 Å². The van der Waals surface area contributed by atoms with Crippen molar-refractivity contribution >= 4 is 40.4 Å². The first kappa shape index (κ1) is 38.4. The van der Waals surface area contributed by atoms with Gasteiger partial charge in [0.25, 0.3) is 0 Å². The van der Waals surface area contributed by atoms with Gasteiger partial charge in [-0.25, -0.2) is 9.97 Å². The van der Waals surface area contributed by atoms with Crippen LogP contribution in [-0.2, 0) is 20.8 Å². The zero-order chi connectivity index (χ0) is 39.5. The first-order chi connectivity index (χ1) is 27.6. The molecule has 2 aromatic heterocycles. The van der Waals surface area contributed by atoms with Gasteiger partial charge in [0.15, 0.2) is 0 Å². The SMILES string of the molecule is CC(C)(C)C(=O)N[C@H](C(=O)N1CCC[C@H]1c1ncc(-c2ccc(-c3ccc(-c4cnc([C@@H]5CCCN5C(=O)Cc5ccccc5)s4)cc3)cc2)s1)c1ccccc1. The lowest BCUT2D eigenvalue weighted by Crippen LogP contribution is -2.45. The Balaban J connectivity index is 0.924. The van der Waals surface area contributed by atoms with Gasteiger partial charge in [-0.05, 0) is 59.1 Å². The number of carbonyl (C=O) groups excluding carboxylic acids is 3. The van der Waals surface area contributed by atoms with Crippen LogP contribution in [0.5, 0.6) is 0 Å². The molecule has 57 heavy (non-hydrogen) atoms. The Morgan fingerprint density at radius 3 is 1.67 bits per heavy atom. The number of aromatic nitrogens is 2. The summed E-state index contributed by atoms with van der Waals surface area (Å²) in [7, 11) is 0. The fraction of sp³-hybridized carbons (Fsp3) is 0.298. The molecule has 290 valence electrons. The zero-order valence-electron chi connectivity index (χ0n) is 32.6. The quantitative estimate of drug-likeness (QED) is 0.149. The number of carbonyl (C=O) groups is 3. The number of benzene rings is 4. The van der Waals surface area contributed by atoms with Crippen molar-refractivity contribution in [3.63, 3.8) is 0 Å². The first-order valence-corrected chi connectivity index (χ1v) is 21.4. The van der Waals surface area contributed by atoms with Crippen LogP contribution in [0, 0.1) is 5.41 Å². The van der Waals surface area contributed by atoms with Gasteiger partial charge in [-0.15, -0.1) is 22.7 Å². The number of nitrogens with zero attached hydrogens (tertiary/aromatic N) is 4. The molecule has 0 bridgehead atoms. The molecule has 8 rings (SSSR count). The molecule has 1 N–H and O–H groups in total. The third kappa shape index (κ3) is 8.48. The van der Waals surface area contributed by atoms with Gasteiger partial charge in [0, 0.05) is 30.9 Å². The monoisotopic (exact) mass is 793 g/mol. The maximum Gasteiger partial charge on any atom is 0.250 e. The highest BCUT2D eigenvalue weighted by atomic mass is 32.1. The summed E-state index contributed by atoms with van der Waals surface area (Å²) in [4.78, 5) is 56.2. The highest BCUT2D eigenvalue weighted by Gasteiger charge is 2.38. The van der Waals surface area contributed by atoms with Gasteiger partial charge in [-0.3, -0.25) is 14.4 Å². The van der Waals surface area contributed by atoms with Crippen molar-refractivity contribution < 1.29 is 14.4 Å². The average Bonchev–Trinajstić information content (AvgIpc) is 4.07. The number of rotatable bonds is 10. The van der Waals surface area contributed by atoms with Crippen molar-refractivity contribution in [2.75, 3.05) is 13.1 Å². The molecule has 2 aliphatic heterocycles. The van der Waals surface area contributed by atoms with E-state index in [9.17, 15) is 14.4 Å². The van der Waals surface area contributed by atoms with E-state index in [-0.39, 0.29) is 29.8 Å². The molecule has 0 spiro atoms. The summed E-state index contributed by atoms with van der Waals surface area (Å²) in [5, 5.41) is 4.96. The van der Waals surface area contributed by atoms with Crippen molar-refractivity contribution in [3.05, 3.63) is 143 Å². The van der Waals surface area contributed by atoms with Crippen LogP contribution in [0.3, 0.4) is 0 Å². The maximum atomic E-state index is 14.2. The molecule has 3 atom stereocenters. The molecule has 0 radical (unpaired) electrons. The number of amides is 3. The standard InChI is InChI=1S/C47H47N5O3S2/c1-47(2,3)46(55)50-42(36-14-8-5-9-15-36)45(54)52-27-11-17-38(52)44-49-30-40(57-44)35-24-20-33(21-25-35)32-18-22-34(23-19-32)39-29-48-43(56-39)37-16-10-26-51(37)41(53)28-31-12-6-4-7-13-31/h4-9,12-15,18-25,29-30,37-38,42H,10-11,16-17,26-28H2,1-3H3,(H,50,55)/t37-,38-,42-/m0/s1. The summed E-state index contributed by atoms with van der Waals surface area (Å²) in [6, 6.07) is 35.7. The van der Waals surface area contributed by atoms with E-state index in [4.69, 9.17) is 9.97 Å². The van der Waals surface area contributed by atoms with E-state index in [2.05, 4.69) is 53.8 Å². The third-order valence-corrected chi connectivity index (χ3v) is 13.2. The first-order valence-electron chi connectivity index (χ1n) is 19.7. The number of hydrogen-bond acceptors (Lipinski definition) is 7. The molecule has 0 unspecified atom stereocenters. The number of hydrogen-bond donors (Lipinski definition) is 1. The van der Waals surface area contributed by atoms with Gasteiger partial charge in [0.1, 0.15) is 16.1 Å². The minimum atomic E-state index is -0.760. The topological polar surface area (TPSA) is 95.5 Å². The second-order valence-electron chi connectivity index (χ2n) is 15.9. The Bertz CT molecular complexity index is 2330. The minimum absolute atomic E-state index is 0.0339. The molecule has 2 aliphatic rings. The normalized spacial score (nSPS) is 17.5. The van der Waals surface area contributed by atoms with E-state index in [1.807, 2.05) is 104 Å². The molecule has 2 fully saturated rings. The van der Waals surface area contributed by atoms with Crippen molar-refractivity contribution in [1.82, 2.24) is 25.1 Å². The fourth-order valence-electron chi connectivity index (χ4n) is 7.73. The van der Waals surface area contributed by atoms with Crippen LogP contribution in [0.4, 0.5) is 0 Å². The Morgan fingerprint density at radius 1 is 0.667 bits per heavy atom. The van der Waals surface area contributed by atoms with Gasteiger partial charge < -0.3 is 15.1 Å². The largest absolute Gasteiger partial charge is 0.340 e. The third-order valence-electron chi connectivity index (χ3n) is 10.9. The predicted octanol–water partition coefficient (Wildman–Crippen LogP) is 10.1. The van der Waals surface area contributed by atoms with Crippen LogP contribution < -0.4 is 5.32 Å². The van der Waals surface area contributed by atoms with Crippen molar-refractivity contribution in [1.29, 1.82) is 0 Å². The summed E-state index contributed by atoms with van der Waals surface area (Å²) >= 11 is 3.30. The smallest absolute Gasteiger partial charge is 0.250 e. The molecule has 0 aliphatic carbocycles. The summed E-state index contributed by atoms with van der Waals surface area (Å²) < 4.78 is 0. The lowest BCUT2D eigenvalue weighted by molar-refractivity contribution is -0.139. The second kappa shape index (κ2) is 16.6. The molecular formula is C47H47N5O3S2. The zero-order valence-corrected chi connectivity index (χ0v) is 34.2. The lowest BCUT2D eigenvalue weighted by atomic mass is 9.94. The molecule has 0 saturated carbocycles. The highest BCUT2D eigenvalue weighted by Crippen LogP contribution is 2.40. The Kier molecular flexibility index (Phi) is 11.2. The Labute approximate surface area is 342 Å². The second-order valence-corrected chi connectivity index (χ2v) is 18.1. The fourth-order valence-corrected chi connectivity index (χ4v) is 9.87. The van der Waals surface area contributed by atoms with Gasteiger partial charge in [-0.1, -0.05) is 130 Å². The molecule has 10 heteroatoms. The van der Waals surface area contributed by atoms with Crippen LogP contribution in [0.25, 0.3) is 32.0 Å². The van der Waals surface area contributed by atoms with Crippen LogP contribution in [0.15, 0.2) is 122 Å². The van der Waals surface area contributed by atoms with Crippen LogP contribution in [0.1, 0.15) is 85.7 Å². The predicted molar refractivity (Wildman–Crippen MR) is 228 cm³/mol. The van der Waals surface area contributed by atoms with E-state index < -0.39 is 11.5 Å².